The largest absolute Gasteiger partial charge is 0.381 e. The van der Waals surface area contributed by atoms with Crippen LogP contribution in [0.2, 0.25) is 0 Å². The Balaban J connectivity index is 1.74. The molecule has 3 nitrogen and oxygen atoms in total. The van der Waals surface area contributed by atoms with Crippen LogP contribution in [0.25, 0.3) is 0 Å². The monoisotopic (exact) mass is 234 g/mol. The predicted octanol–water partition coefficient (Wildman–Crippen LogP) is 2.20. The van der Waals surface area contributed by atoms with Crippen LogP contribution in [0.5, 0.6) is 0 Å². The van der Waals surface area contributed by atoms with Gasteiger partial charge in [-0.25, -0.2) is 0 Å². The van der Waals surface area contributed by atoms with Crippen LogP contribution in [-0.2, 0) is 11.3 Å². The Hall–Kier alpha value is -0.800. The Bertz CT molecular complexity index is 391. The number of nitrogens with zero attached hydrogens (tertiary/aromatic N) is 1. The van der Waals surface area contributed by atoms with Crippen molar-refractivity contribution in [1.82, 2.24) is 9.88 Å². The molecular formula is C14H22N2O. The molecule has 94 valence electrons. The molecule has 0 radical (unpaired) electrons. The summed E-state index contributed by atoms with van der Waals surface area (Å²) >= 11 is 0. The predicted molar refractivity (Wildman–Crippen MR) is 67.9 cm³/mol. The van der Waals surface area contributed by atoms with E-state index in [9.17, 15) is 0 Å². The molecule has 2 aliphatic rings. The maximum absolute atomic E-state index is 5.58. The van der Waals surface area contributed by atoms with Crippen LogP contribution in [0, 0.1) is 11.3 Å². The van der Waals surface area contributed by atoms with Crippen molar-refractivity contribution in [2.45, 2.75) is 32.9 Å². The minimum absolute atomic E-state index is 0.393. The summed E-state index contributed by atoms with van der Waals surface area (Å²) in [5.41, 5.74) is 1.83. The van der Waals surface area contributed by atoms with Gasteiger partial charge in [0.15, 0.2) is 0 Å². The molecule has 2 atom stereocenters. The number of hydrogen-bond acceptors (Lipinski definition) is 2. The first kappa shape index (κ1) is 11.3. The number of rotatable bonds is 3. The van der Waals surface area contributed by atoms with E-state index in [-0.39, 0.29) is 0 Å². The second-order valence-electron chi connectivity index (χ2n) is 6.01. The SMILES string of the molecule is CC(C)Cn1ccc([C@H]2NC[C@]23CCOC3)c1. The summed E-state index contributed by atoms with van der Waals surface area (Å²) in [4.78, 5) is 0. The molecule has 3 heteroatoms. The van der Waals surface area contributed by atoms with Crippen molar-refractivity contribution in [3.8, 4) is 0 Å². The van der Waals surface area contributed by atoms with Crippen LogP contribution in [-0.4, -0.2) is 24.3 Å². The van der Waals surface area contributed by atoms with E-state index in [1.54, 1.807) is 0 Å². The lowest BCUT2D eigenvalue weighted by molar-refractivity contribution is 0.0577. The molecule has 3 heterocycles. The number of nitrogens with one attached hydrogen (secondary N) is 1. The van der Waals surface area contributed by atoms with Gasteiger partial charge < -0.3 is 14.6 Å². The summed E-state index contributed by atoms with van der Waals surface area (Å²) in [6, 6.07) is 2.78. The van der Waals surface area contributed by atoms with E-state index in [0.29, 0.717) is 17.4 Å². The smallest absolute Gasteiger partial charge is 0.0553 e. The Labute approximate surface area is 103 Å². The molecule has 2 aliphatic heterocycles. The minimum atomic E-state index is 0.393. The van der Waals surface area contributed by atoms with E-state index in [1.165, 1.54) is 12.0 Å². The fourth-order valence-electron chi connectivity index (χ4n) is 3.12. The zero-order valence-corrected chi connectivity index (χ0v) is 10.8. The maximum Gasteiger partial charge on any atom is 0.0553 e. The number of aromatic nitrogens is 1. The van der Waals surface area contributed by atoms with Crippen molar-refractivity contribution in [3.63, 3.8) is 0 Å². The molecule has 0 unspecified atom stereocenters. The second kappa shape index (κ2) is 4.14. The van der Waals surface area contributed by atoms with Crippen molar-refractivity contribution in [1.29, 1.82) is 0 Å². The maximum atomic E-state index is 5.58. The van der Waals surface area contributed by atoms with Gasteiger partial charge in [0.05, 0.1) is 6.61 Å². The molecule has 17 heavy (non-hydrogen) atoms. The van der Waals surface area contributed by atoms with Crippen LogP contribution >= 0.6 is 0 Å². The van der Waals surface area contributed by atoms with Gasteiger partial charge in [0.1, 0.15) is 0 Å². The van der Waals surface area contributed by atoms with E-state index in [2.05, 4.69) is 42.2 Å². The van der Waals surface area contributed by atoms with Gasteiger partial charge in [0.2, 0.25) is 0 Å². The molecule has 0 bridgehead atoms. The summed E-state index contributed by atoms with van der Waals surface area (Å²) < 4.78 is 7.89. The molecule has 1 aromatic heterocycles. The van der Waals surface area contributed by atoms with Crippen LogP contribution in [0.1, 0.15) is 31.9 Å². The molecule has 0 amide bonds. The van der Waals surface area contributed by atoms with Gasteiger partial charge in [-0.3, -0.25) is 0 Å². The van der Waals surface area contributed by atoms with Gasteiger partial charge in [-0.05, 0) is 24.0 Å². The zero-order chi connectivity index (χ0) is 11.9. The minimum Gasteiger partial charge on any atom is -0.381 e. The summed E-state index contributed by atoms with van der Waals surface area (Å²) in [6.07, 6.45) is 5.72. The molecule has 2 fully saturated rings. The molecular weight excluding hydrogens is 212 g/mol. The first-order chi connectivity index (χ1) is 8.20. The Morgan fingerprint density at radius 1 is 1.59 bits per heavy atom. The molecule has 0 aliphatic carbocycles. The highest BCUT2D eigenvalue weighted by molar-refractivity contribution is 5.24. The summed E-state index contributed by atoms with van der Waals surface area (Å²) in [7, 11) is 0. The van der Waals surface area contributed by atoms with Gasteiger partial charge in [-0.1, -0.05) is 13.8 Å². The van der Waals surface area contributed by atoms with Crippen molar-refractivity contribution >= 4 is 0 Å². The van der Waals surface area contributed by atoms with Crippen molar-refractivity contribution < 1.29 is 4.74 Å². The lowest BCUT2D eigenvalue weighted by Gasteiger charge is -2.47. The molecule has 1 N–H and O–H groups in total. The van der Waals surface area contributed by atoms with E-state index in [4.69, 9.17) is 4.74 Å². The van der Waals surface area contributed by atoms with Gasteiger partial charge in [0.25, 0.3) is 0 Å². The number of hydrogen-bond donors (Lipinski definition) is 1. The third-order valence-corrected chi connectivity index (χ3v) is 4.09. The lowest BCUT2D eigenvalue weighted by atomic mass is 9.71. The fraction of sp³-hybridized carbons (Fsp3) is 0.714. The van der Waals surface area contributed by atoms with Crippen molar-refractivity contribution in [2.24, 2.45) is 11.3 Å². The quantitative estimate of drug-likeness (QED) is 0.867. The summed E-state index contributed by atoms with van der Waals surface area (Å²) in [6.45, 7) is 8.61. The second-order valence-corrected chi connectivity index (χ2v) is 6.01. The van der Waals surface area contributed by atoms with Crippen LogP contribution < -0.4 is 5.32 Å². The fourth-order valence-corrected chi connectivity index (χ4v) is 3.12. The highest BCUT2D eigenvalue weighted by atomic mass is 16.5. The Kier molecular flexibility index (Phi) is 2.75. The van der Waals surface area contributed by atoms with E-state index >= 15 is 0 Å². The molecule has 2 saturated heterocycles. The van der Waals surface area contributed by atoms with E-state index in [0.717, 1.165) is 26.3 Å². The van der Waals surface area contributed by atoms with Gasteiger partial charge in [-0.15, -0.1) is 0 Å². The van der Waals surface area contributed by atoms with E-state index in [1.807, 2.05) is 0 Å². The van der Waals surface area contributed by atoms with Crippen LogP contribution in [0.4, 0.5) is 0 Å². The first-order valence-electron chi connectivity index (χ1n) is 6.66. The summed E-state index contributed by atoms with van der Waals surface area (Å²) in [5.74, 6) is 0.702. The molecule has 1 spiro atoms. The first-order valence-corrected chi connectivity index (χ1v) is 6.66. The topological polar surface area (TPSA) is 26.2 Å². The average Bonchev–Trinajstić information content (AvgIpc) is 2.85. The highest BCUT2D eigenvalue weighted by Gasteiger charge is 2.49. The summed E-state index contributed by atoms with van der Waals surface area (Å²) in [5, 5.41) is 3.57. The van der Waals surface area contributed by atoms with Crippen LogP contribution in [0.3, 0.4) is 0 Å². The molecule has 0 saturated carbocycles. The third-order valence-electron chi connectivity index (χ3n) is 4.09. The van der Waals surface area contributed by atoms with Crippen molar-refractivity contribution in [3.05, 3.63) is 24.0 Å². The molecule has 1 aromatic rings. The third kappa shape index (κ3) is 1.91. The van der Waals surface area contributed by atoms with Gasteiger partial charge in [-0.2, -0.15) is 0 Å². The van der Waals surface area contributed by atoms with Gasteiger partial charge >= 0.3 is 0 Å². The molecule has 0 aromatic carbocycles. The van der Waals surface area contributed by atoms with Gasteiger partial charge in [0, 0.05) is 43.5 Å². The zero-order valence-electron chi connectivity index (χ0n) is 10.8. The Morgan fingerprint density at radius 3 is 3.06 bits per heavy atom. The normalized spacial score (nSPS) is 32.3. The Morgan fingerprint density at radius 2 is 2.47 bits per heavy atom. The standard InChI is InChI=1S/C14H22N2O/c1-11(2)7-16-5-3-12(8-16)13-14(9-15-13)4-6-17-10-14/h3,5,8,11,13,15H,4,6-7,9-10H2,1-2H3/t13-,14+/m1/s1. The average molecular weight is 234 g/mol. The molecule has 3 rings (SSSR count). The van der Waals surface area contributed by atoms with Crippen molar-refractivity contribution in [2.75, 3.05) is 19.8 Å². The highest BCUT2D eigenvalue weighted by Crippen LogP contribution is 2.47. The van der Waals surface area contributed by atoms with E-state index < -0.39 is 0 Å². The number of ether oxygens (including phenoxy) is 1. The van der Waals surface area contributed by atoms with Crippen LogP contribution in [0.15, 0.2) is 18.5 Å². The lowest BCUT2D eigenvalue weighted by Crippen LogP contribution is -2.56.